The Morgan fingerprint density at radius 1 is 0.939 bits per heavy atom. The minimum absolute atomic E-state index is 0.0150. The van der Waals surface area contributed by atoms with Crippen molar-refractivity contribution in [2.45, 2.75) is 19.4 Å². The number of carbonyl (C=O) groups excluding carboxylic acids is 2. The molecule has 4 rings (SSSR count). The number of nitrogens with zero attached hydrogens (tertiary/aromatic N) is 4. The summed E-state index contributed by atoms with van der Waals surface area (Å²) in [6.07, 6.45) is 5.07. The number of methoxy groups -OCH3 is 2. The van der Waals surface area contributed by atoms with Crippen LogP contribution in [-0.4, -0.2) is 85.0 Å². The van der Waals surface area contributed by atoms with Gasteiger partial charge in [0, 0.05) is 75.8 Å². The lowest BCUT2D eigenvalue weighted by atomic mass is 9.94. The van der Waals surface area contributed by atoms with Gasteiger partial charge < -0.3 is 19.3 Å². The maximum absolute atomic E-state index is 13.1. The summed E-state index contributed by atoms with van der Waals surface area (Å²) in [7, 11) is 3.14. The molecule has 0 unspecified atom stereocenters. The zero-order chi connectivity index (χ0) is 23.2. The molecule has 0 N–H and O–H groups in total. The first-order chi connectivity index (χ1) is 16.1. The number of likely N-dealkylation sites (tertiary alicyclic amines) is 1. The van der Waals surface area contributed by atoms with E-state index in [2.05, 4.69) is 16.0 Å². The van der Waals surface area contributed by atoms with E-state index in [0.717, 1.165) is 32.7 Å². The molecule has 176 valence electrons. The second-order valence-electron chi connectivity index (χ2n) is 8.63. The second kappa shape index (κ2) is 10.7. The lowest BCUT2D eigenvalue weighted by molar-refractivity contribution is -0.138. The lowest BCUT2D eigenvalue weighted by Crippen LogP contribution is -2.51. The number of ether oxygens (including phenoxy) is 2. The minimum atomic E-state index is -0.0536. The van der Waals surface area contributed by atoms with Gasteiger partial charge in [0.1, 0.15) is 11.5 Å². The topological polar surface area (TPSA) is 75.2 Å². The van der Waals surface area contributed by atoms with E-state index in [4.69, 9.17) is 9.47 Å². The van der Waals surface area contributed by atoms with Gasteiger partial charge in [-0.2, -0.15) is 0 Å². The maximum Gasteiger partial charge on any atom is 0.254 e. The molecule has 0 saturated carbocycles. The predicted molar refractivity (Wildman–Crippen MR) is 124 cm³/mol. The standard InChI is InChI=1S/C25H32N4O4/c1-32-22-14-21(15-23(16-22)33-2)25(31)28-8-5-20(6-9-28)24(30)29-12-10-27(11-13-29)18-19-4-3-7-26-17-19/h3-4,7,14-17,20H,5-6,8-13,18H2,1-2H3. The van der Waals surface area contributed by atoms with E-state index in [0.29, 0.717) is 43.0 Å². The van der Waals surface area contributed by atoms with Gasteiger partial charge in [0.2, 0.25) is 5.91 Å². The summed E-state index contributed by atoms with van der Waals surface area (Å²) in [6, 6.07) is 9.25. The quantitative estimate of drug-likeness (QED) is 0.670. The highest BCUT2D eigenvalue weighted by Gasteiger charge is 2.32. The fraction of sp³-hybridized carbons (Fsp3) is 0.480. The molecule has 0 radical (unpaired) electrons. The molecule has 2 amide bonds. The van der Waals surface area contributed by atoms with Crippen molar-refractivity contribution in [3.05, 3.63) is 53.9 Å². The highest BCUT2D eigenvalue weighted by molar-refractivity contribution is 5.95. The van der Waals surface area contributed by atoms with Gasteiger partial charge >= 0.3 is 0 Å². The Bertz CT molecular complexity index is 930. The number of benzene rings is 1. The number of piperazine rings is 1. The van der Waals surface area contributed by atoms with Crippen molar-refractivity contribution in [1.82, 2.24) is 19.7 Å². The molecule has 33 heavy (non-hydrogen) atoms. The van der Waals surface area contributed by atoms with Crippen molar-refractivity contribution in [2.24, 2.45) is 5.92 Å². The second-order valence-corrected chi connectivity index (χ2v) is 8.63. The van der Waals surface area contributed by atoms with Crippen LogP contribution in [0.25, 0.3) is 0 Å². The summed E-state index contributed by atoms with van der Waals surface area (Å²) < 4.78 is 10.6. The first-order valence-electron chi connectivity index (χ1n) is 11.5. The van der Waals surface area contributed by atoms with E-state index in [-0.39, 0.29) is 17.7 Å². The van der Waals surface area contributed by atoms with Gasteiger partial charge in [-0.15, -0.1) is 0 Å². The summed E-state index contributed by atoms with van der Waals surface area (Å²) in [6.45, 7) is 5.27. The van der Waals surface area contributed by atoms with Gasteiger partial charge in [-0.05, 0) is 36.6 Å². The Hall–Kier alpha value is -3.13. The van der Waals surface area contributed by atoms with E-state index in [9.17, 15) is 9.59 Å². The average molecular weight is 453 g/mol. The first kappa shape index (κ1) is 23.0. The van der Waals surface area contributed by atoms with Gasteiger partial charge in [0.25, 0.3) is 5.91 Å². The molecule has 1 aromatic heterocycles. The number of rotatable bonds is 6. The van der Waals surface area contributed by atoms with Crippen LogP contribution in [0, 0.1) is 5.92 Å². The Morgan fingerprint density at radius 3 is 2.18 bits per heavy atom. The van der Waals surface area contributed by atoms with Gasteiger partial charge in [-0.25, -0.2) is 0 Å². The molecule has 1 aromatic carbocycles. The monoisotopic (exact) mass is 452 g/mol. The maximum atomic E-state index is 13.1. The average Bonchev–Trinajstić information content (AvgIpc) is 2.88. The third-order valence-electron chi connectivity index (χ3n) is 6.54. The van der Waals surface area contributed by atoms with Crippen molar-refractivity contribution in [2.75, 3.05) is 53.5 Å². The third kappa shape index (κ3) is 5.63. The largest absolute Gasteiger partial charge is 0.497 e. The molecule has 2 aromatic rings. The van der Waals surface area contributed by atoms with Gasteiger partial charge in [-0.1, -0.05) is 6.07 Å². The number of aromatic nitrogens is 1. The normalized spacial score (nSPS) is 17.6. The molecule has 8 heteroatoms. The van der Waals surface area contributed by atoms with Crippen molar-refractivity contribution < 1.29 is 19.1 Å². The molecular weight excluding hydrogens is 420 g/mol. The molecular formula is C25H32N4O4. The number of hydrogen-bond acceptors (Lipinski definition) is 6. The van der Waals surface area contributed by atoms with Crippen LogP contribution in [0.1, 0.15) is 28.8 Å². The van der Waals surface area contributed by atoms with E-state index in [1.54, 1.807) is 38.6 Å². The summed E-state index contributed by atoms with van der Waals surface area (Å²) >= 11 is 0. The van der Waals surface area contributed by atoms with Crippen molar-refractivity contribution in [3.63, 3.8) is 0 Å². The SMILES string of the molecule is COc1cc(OC)cc(C(=O)N2CCC(C(=O)N3CCN(Cc4cccnc4)CC3)CC2)c1. The van der Waals surface area contributed by atoms with Crippen LogP contribution in [0.2, 0.25) is 0 Å². The van der Waals surface area contributed by atoms with Crippen LogP contribution >= 0.6 is 0 Å². The third-order valence-corrected chi connectivity index (χ3v) is 6.54. The van der Waals surface area contributed by atoms with Crippen LogP contribution in [0.3, 0.4) is 0 Å². The predicted octanol–water partition coefficient (Wildman–Crippen LogP) is 2.30. The molecule has 2 aliphatic heterocycles. The summed E-state index contributed by atoms with van der Waals surface area (Å²) in [5.41, 5.74) is 1.74. The molecule has 2 aliphatic rings. The number of amides is 2. The molecule has 0 bridgehead atoms. The molecule has 0 spiro atoms. The first-order valence-corrected chi connectivity index (χ1v) is 11.5. The number of piperidine rings is 1. The van der Waals surface area contributed by atoms with Gasteiger partial charge in [0.15, 0.2) is 0 Å². The fourth-order valence-corrected chi connectivity index (χ4v) is 4.58. The van der Waals surface area contributed by atoms with Gasteiger partial charge in [0.05, 0.1) is 14.2 Å². The van der Waals surface area contributed by atoms with Crippen molar-refractivity contribution in [3.8, 4) is 11.5 Å². The van der Waals surface area contributed by atoms with E-state index >= 15 is 0 Å². The highest BCUT2D eigenvalue weighted by atomic mass is 16.5. The number of pyridine rings is 1. The van der Waals surface area contributed by atoms with E-state index < -0.39 is 0 Å². The van der Waals surface area contributed by atoms with Crippen LogP contribution < -0.4 is 9.47 Å². The molecule has 2 saturated heterocycles. The molecule has 2 fully saturated rings. The Morgan fingerprint density at radius 2 is 1.61 bits per heavy atom. The van der Waals surface area contributed by atoms with E-state index in [1.165, 1.54) is 5.56 Å². The molecule has 8 nitrogen and oxygen atoms in total. The minimum Gasteiger partial charge on any atom is -0.497 e. The molecule has 0 atom stereocenters. The zero-order valence-electron chi connectivity index (χ0n) is 19.4. The number of carbonyl (C=O) groups is 2. The van der Waals surface area contributed by atoms with Crippen LogP contribution in [0.5, 0.6) is 11.5 Å². The van der Waals surface area contributed by atoms with Crippen LogP contribution in [0.15, 0.2) is 42.7 Å². The Balaban J connectivity index is 1.27. The zero-order valence-corrected chi connectivity index (χ0v) is 19.4. The van der Waals surface area contributed by atoms with Crippen LogP contribution in [0.4, 0.5) is 0 Å². The van der Waals surface area contributed by atoms with Crippen molar-refractivity contribution in [1.29, 1.82) is 0 Å². The smallest absolute Gasteiger partial charge is 0.254 e. The Kier molecular flexibility index (Phi) is 7.44. The van der Waals surface area contributed by atoms with Gasteiger partial charge in [-0.3, -0.25) is 19.5 Å². The number of hydrogen-bond donors (Lipinski definition) is 0. The van der Waals surface area contributed by atoms with Crippen LogP contribution in [-0.2, 0) is 11.3 Å². The summed E-state index contributed by atoms with van der Waals surface area (Å²) in [4.78, 5) is 36.5. The lowest BCUT2D eigenvalue weighted by Gasteiger charge is -2.38. The summed E-state index contributed by atoms with van der Waals surface area (Å²) in [5, 5.41) is 0. The molecule has 0 aliphatic carbocycles. The van der Waals surface area contributed by atoms with Crippen molar-refractivity contribution >= 4 is 11.8 Å². The van der Waals surface area contributed by atoms with E-state index in [1.807, 2.05) is 22.1 Å². The fourth-order valence-electron chi connectivity index (χ4n) is 4.58. The highest BCUT2D eigenvalue weighted by Crippen LogP contribution is 2.26. The Labute approximate surface area is 195 Å². The summed E-state index contributed by atoms with van der Waals surface area (Å²) in [5.74, 6) is 1.34. The molecule has 3 heterocycles.